The van der Waals surface area contributed by atoms with E-state index in [2.05, 4.69) is 12.2 Å². The number of nitrogens with one attached hydrogen (secondary N) is 1. The van der Waals surface area contributed by atoms with Crippen LogP contribution >= 0.6 is 11.8 Å². The van der Waals surface area contributed by atoms with Gasteiger partial charge in [-0.3, -0.25) is 15.1 Å². The lowest BCUT2D eigenvalue weighted by molar-refractivity contribution is -0.139. The molecule has 33 heavy (non-hydrogen) atoms. The molecule has 1 unspecified atom stereocenters. The standard InChI is InChI=1S/C23H24N4O5S/c1-3-11-33-23-25-22(30)20-15-7-5-6-8-16(15)24-21(27(20)26-23)14-9-10-17(32-13-19(28)29)18(12-14)31-4-2/h5-10,12,21H,3-4,11,13H2,1-2H3,(H,28,29)(H,25,26,30). The third-order valence-electron chi connectivity index (χ3n) is 4.88. The molecule has 2 heterocycles. The highest BCUT2D eigenvalue weighted by molar-refractivity contribution is 8.13. The molecule has 0 saturated carbocycles. The number of para-hydroxylation sites is 1. The lowest BCUT2D eigenvalue weighted by atomic mass is 10.1. The van der Waals surface area contributed by atoms with Gasteiger partial charge in [0.1, 0.15) is 5.70 Å². The second-order valence-electron chi connectivity index (χ2n) is 7.24. The minimum absolute atomic E-state index is 0.234. The number of rotatable bonds is 8. The summed E-state index contributed by atoms with van der Waals surface area (Å²) in [5.74, 6) is 0.235. The normalized spacial score (nSPS) is 16.7. The van der Waals surface area contributed by atoms with E-state index in [1.807, 2.05) is 31.2 Å². The van der Waals surface area contributed by atoms with Crippen molar-refractivity contribution < 1.29 is 24.2 Å². The van der Waals surface area contributed by atoms with Crippen molar-refractivity contribution in [3.8, 4) is 11.5 Å². The van der Waals surface area contributed by atoms with Gasteiger partial charge in [0, 0.05) is 16.5 Å². The van der Waals surface area contributed by atoms with E-state index >= 15 is 0 Å². The van der Waals surface area contributed by atoms with Crippen LogP contribution in [0.25, 0.3) is 5.70 Å². The average molecular weight is 469 g/mol. The topological polar surface area (TPSA) is 113 Å². The SMILES string of the molecule is CCCSC1=NN2C(=c3ccccc3=NC2c2ccc(OCC(=O)O)c(OCC)c2)C(=O)N1. The first-order chi connectivity index (χ1) is 16.0. The lowest BCUT2D eigenvalue weighted by Crippen LogP contribution is -2.50. The van der Waals surface area contributed by atoms with Crippen LogP contribution < -0.4 is 25.4 Å². The molecular weight excluding hydrogens is 444 g/mol. The van der Waals surface area contributed by atoms with E-state index < -0.39 is 18.7 Å². The van der Waals surface area contributed by atoms with Crippen LogP contribution in [0.5, 0.6) is 11.5 Å². The van der Waals surface area contributed by atoms with Gasteiger partial charge in [0.15, 0.2) is 29.4 Å². The average Bonchev–Trinajstić information content (AvgIpc) is 2.81. The van der Waals surface area contributed by atoms with E-state index in [0.717, 1.165) is 17.7 Å². The van der Waals surface area contributed by atoms with Gasteiger partial charge in [-0.2, -0.15) is 0 Å². The van der Waals surface area contributed by atoms with Crippen molar-refractivity contribution in [3.05, 3.63) is 58.6 Å². The zero-order chi connectivity index (χ0) is 23.4. The van der Waals surface area contributed by atoms with Crippen molar-refractivity contribution in [3.63, 3.8) is 0 Å². The van der Waals surface area contributed by atoms with Gasteiger partial charge in [0.05, 0.1) is 12.0 Å². The molecule has 0 radical (unpaired) electrons. The Labute approximate surface area is 194 Å². The number of nitrogens with zero attached hydrogens (tertiary/aromatic N) is 3. The van der Waals surface area contributed by atoms with Gasteiger partial charge in [0.25, 0.3) is 5.91 Å². The zero-order valence-electron chi connectivity index (χ0n) is 18.3. The molecule has 0 bridgehead atoms. The van der Waals surface area contributed by atoms with Crippen LogP contribution in [0.2, 0.25) is 0 Å². The Bertz CT molecular complexity index is 1230. The Morgan fingerprint density at radius 1 is 1.18 bits per heavy atom. The van der Waals surface area contributed by atoms with Gasteiger partial charge in [0.2, 0.25) is 0 Å². The summed E-state index contributed by atoms with van der Waals surface area (Å²) < 4.78 is 11.1. The molecule has 172 valence electrons. The highest BCUT2D eigenvalue weighted by Gasteiger charge is 2.34. The first-order valence-corrected chi connectivity index (χ1v) is 11.6. The summed E-state index contributed by atoms with van der Waals surface area (Å²) in [5.41, 5.74) is 1.15. The molecule has 0 saturated heterocycles. The largest absolute Gasteiger partial charge is 0.490 e. The van der Waals surface area contributed by atoms with Gasteiger partial charge in [-0.15, -0.1) is 5.10 Å². The van der Waals surface area contributed by atoms with Gasteiger partial charge in [-0.25, -0.2) is 9.80 Å². The number of carbonyl (C=O) groups excluding carboxylic acids is 1. The fourth-order valence-electron chi connectivity index (χ4n) is 3.52. The molecule has 0 aliphatic carbocycles. The Morgan fingerprint density at radius 3 is 2.76 bits per heavy atom. The van der Waals surface area contributed by atoms with E-state index in [1.165, 1.54) is 11.8 Å². The number of carbonyl (C=O) groups is 2. The van der Waals surface area contributed by atoms with Crippen molar-refractivity contribution in [2.75, 3.05) is 19.0 Å². The van der Waals surface area contributed by atoms with E-state index in [1.54, 1.807) is 23.2 Å². The Hall–Kier alpha value is -3.53. The Morgan fingerprint density at radius 2 is 2.00 bits per heavy atom. The molecule has 2 aliphatic heterocycles. The number of aliphatic carboxylic acids is 1. The summed E-state index contributed by atoms with van der Waals surface area (Å²) in [6.45, 7) is 3.79. The molecule has 9 nitrogen and oxygen atoms in total. The van der Waals surface area contributed by atoms with Gasteiger partial charge < -0.3 is 14.6 Å². The van der Waals surface area contributed by atoms with Crippen LogP contribution in [0, 0.1) is 0 Å². The minimum Gasteiger partial charge on any atom is -0.490 e. The van der Waals surface area contributed by atoms with Crippen LogP contribution in [0.4, 0.5) is 0 Å². The van der Waals surface area contributed by atoms with Crippen LogP contribution in [0.1, 0.15) is 32.0 Å². The second-order valence-corrected chi connectivity index (χ2v) is 8.33. The highest BCUT2D eigenvalue weighted by atomic mass is 32.2. The molecular formula is C23H24N4O5S. The molecule has 1 amide bonds. The fourth-order valence-corrected chi connectivity index (χ4v) is 4.23. The van der Waals surface area contributed by atoms with Gasteiger partial charge in [-0.1, -0.05) is 43.0 Å². The molecule has 0 aromatic heterocycles. The number of amides is 1. The number of thioether (sulfide) groups is 1. The molecule has 0 fully saturated rings. The zero-order valence-corrected chi connectivity index (χ0v) is 19.1. The number of carboxylic acids is 1. The summed E-state index contributed by atoms with van der Waals surface area (Å²) >= 11 is 1.48. The second kappa shape index (κ2) is 9.95. The molecule has 0 spiro atoms. The third kappa shape index (κ3) is 4.80. The molecule has 2 aromatic carbocycles. The molecule has 1 atom stereocenters. The molecule has 2 aromatic rings. The molecule has 10 heteroatoms. The fraction of sp³-hybridized carbons (Fsp3) is 0.304. The number of hydrazone groups is 1. The summed E-state index contributed by atoms with van der Waals surface area (Å²) in [5, 5.41) is 20.1. The van der Waals surface area contributed by atoms with Crippen molar-refractivity contribution >= 4 is 34.5 Å². The van der Waals surface area contributed by atoms with Gasteiger partial charge in [-0.05, 0) is 31.5 Å². The van der Waals surface area contributed by atoms with E-state index in [0.29, 0.717) is 39.5 Å². The smallest absolute Gasteiger partial charge is 0.341 e. The maximum absolute atomic E-state index is 13.1. The van der Waals surface area contributed by atoms with Gasteiger partial charge >= 0.3 is 5.97 Å². The van der Waals surface area contributed by atoms with Crippen molar-refractivity contribution in [2.45, 2.75) is 26.4 Å². The molecule has 2 N–H and O–H groups in total. The Kier molecular flexibility index (Phi) is 6.83. The van der Waals surface area contributed by atoms with Crippen molar-refractivity contribution in [1.82, 2.24) is 10.3 Å². The van der Waals surface area contributed by atoms with E-state index in [-0.39, 0.29) is 5.91 Å². The monoisotopic (exact) mass is 468 g/mol. The number of carboxylic acid groups (broad SMARTS) is 1. The number of fused-ring (bicyclic) bond motifs is 2. The first-order valence-electron chi connectivity index (χ1n) is 10.6. The summed E-state index contributed by atoms with van der Waals surface area (Å²) in [6, 6.07) is 12.6. The predicted octanol–water partition coefficient (Wildman–Crippen LogP) is 1.83. The first kappa shape index (κ1) is 22.7. The maximum Gasteiger partial charge on any atom is 0.341 e. The summed E-state index contributed by atoms with van der Waals surface area (Å²) in [4.78, 5) is 28.9. The number of hydrogen-bond donors (Lipinski definition) is 2. The van der Waals surface area contributed by atoms with Crippen LogP contribution in [-0.2, 0) is 9.59 Å². The number of ether oxygens (including phenoxy) is 2. The third-order valence-corrected chi connectivity index (χ3v) is 5.94. The van der Waals surface area contributed by atoms with Crippen LogP contribution in [0.3, 0.4) is 0 Å². The van der Waals surface area contributed by atoms with Crippen molar-refractivity contribution in [2.24, 2.45) is 10.1 Å². The molecule has 4 rings (SSSR count). The number of benzene rings is 2. The quantitative estimate of drug-likeness (QED) is 0.608. The number of hydrogen-bond acceptors (Lipinski definition) is 8. The van der Waals surface area contributed by atoms with Crippen molar-refractivity contribution in [1.29, 1.82) is 0 Å². The maximum atomic E-state index is 13.1. The molecule has 2 aliphatic rings. The minimum atomic E-state index is -1.08. The van der Waals surface area contributed by atoms with Crippen LogP contribution in [0.15, 0.2) is 52.6 Å². The Balaban J connectivity index is 1.81. The lowest BCUT2D eigenvalue weighted by Gasteiger charge is -2.34. The summed E-state index contributed by atoms with van der Waals surface area (Å²) in [7, 11) is 0. The predicted molar refractivity (Wildman–Crippen MR) is 124 cm³/mol. The van der Waals surface area contributed by atoms with E-state index in [4.69, 9.17) is 24.7 Å². The van der Waals surface area contributed by atoms with Crippen LogP contribution in [-0.4, -0.2) is 46.1 Å². The summed E-state index contributed by atoms with van der Waals surface area (Å²) in [6.07, 6.45) is 0.341. The number of amidine groups is 1. The van der Waals surface area contributed by atoms with E-state index in [9.17, 15) is 9.59 Å². The highest BCUT2D eigenvalue weighted by Crippen LogP contribution is 2.36.